The highest BCUT2D eigenvalue weighted by Gasteiger charge is 2.39. The van der Waals surface area contributed by atoms with Crippen LogP contribution >= 0.6 is 0 Å². The Labute approximate surface area is 87.8 Å². The van der Waals surface area contributed by atoms with Crippen LogP contribution in [0, 0.1) is 5.41 Å². The standard InChI is InChI=1S/C12H24N2/c1-3-12(5-4-8-13-9-12)10-14-11(2)6-7-11/h13-14H,3-10H2,1-2H3. The van der Waals surface area contributed by atoms with Crippen LogP contribution in [-0.4, -0.2) is 25.2 Å². The van der Waals surface area contributed by atoms with Crippen molar-refractivity contribution < 1.29 is 0 Å². The fraction of sp³-hybridized carbons (Fsp3) is 1.00. The fourth-order valence-corrected chi connectivity index (χ4v) is 2.37. The molecule has 1 heterocycles. The molecule has 1 unspecified atom stereocenters. The number of nitrogens with one attached hydrogen (secondary N) is 2. The molecule has 0 bridgehead atoms. The summed E-state index contributed by atoms with van der Waals surface area (Å²) in [7, 11) is 0. The van der Waals surface area contributed by atoms with E-state index in [9.17, 15) is 0 Å². The molecule has 0 aromatic rings. The molecule has 2 heteroatoms. The molecule has 1 aliphatic carbocycles. The topological polar surface area (TPSA) is 24.1 Å². The van der Waals surface area contributed by atoms with Crippen molar-refractivity contribution >= 4 is 0 Å². The lowest BCUT2D eigenvalue weighted by Crippen LogP contribution is -2.48. The second-order valence-electron chi connectivity index (χ2n) is 5.55. The highest BCUT2D eigenvalue weighted by Crippen LogP contribution is 2.37. The number of hydrogen-bond acceptors (Lipinski definition) is 2. The predicted molar refractivity (Wildman–Crippen MR) is 60.5 cm³/mol. The van der Waals surface area contributed by atoms with Crippen molar-refractivity contribution in [1.29, 1.82) is 0 Å². The first kappa shape index (κ1) is 10.4. The van der Waals surface area contributed by atoms with Gasteiger partial charge in [0.1, 0.15) is 0 Å². The summed E-state index contributed by atoms with van der Waals surface area (Å²) in [6, 6.07) is 0. The molecule has 0 spiro atoms. The molecular weight excluding hydrogens is 172 g/mol. The maximum absolute atomic E-state index is 3.75. The molecule has 2 aliphatic rings. The fourth-order valence-electron chi connectivity index (χ4n) is 2.37. The second-order valence-corrected chi connectivity index (χ2v) is 5.55. The normalized spacial score (nSPS) is 35.6. The molecule has 0 aromatic heterocycles. The van der Waals surface area contributed by atoms with E-state index in [0.717, 1.165) is 0 Å². The third-order valence-corrected chi connectivity index (χ3v) is 4.20. The zero-order valence-corrected chi connectivity index (χ0v) is 9.66. The number of piperidine rings is 1. The van der Waals surface area contributed by atoms with E-state index in [-0.39, 0.29) is 0 Å². The summed E-state index contributed by atoms with van der Waals surface area (Å²) in [5, 5.41) is 7.30. The number of hydrogen-bond donors (Lipinski definition) is 2. The minimum atomic E-state index is 0.500. The van der Waals surface area contributed by atoms with Crippen LogP contribution in [-0.2, 0) is 0 Å². The van der Waals surface area contributed by atoms with Crippen LogP contribution < -0.4 is 10.6 Å². The van der Waals surface area contributed by atoms with Crippen LogP contribution in [0.15, 0.2) is 0 Å². The Morgan fingerprint density at radius 2 is 2.07 bits per heavy atom. The van der Waals surface area contributed by atoms with Gasteiger partial charge in [0, 0.05) is 18.6 Å². The Morgan fingerprint density at radius 3 is 2.57 bits per heavy atom. The maximum Gasteiger partial charge on any atom is 0.0154 e. The Morgan fingerprint density at radius 1 is 1.29 bits per heavy atom. The number of rotatable bonds is 4. The molecular formula is C12H24N2. The molecule has 0 radical (unpaired) electrons. The van der Waals surface area contributed by atoms with Gasteiger partial charge < -0.3 is 10.6 Å². The van der Waals surface area contributed by atoms with Crippen LogP contribution in [0.2, 0.25) is 0 Å². The van der Waals surface area contributed by atoms with Crippen molar-refractivity contribution in [1.82, 2.24) is 10.6 Å². The van der Waals surface area contributed by atoms with Gasteiger partial charge in [-0.2, -0.15) is 0 Å². The summed E-state index contributed by atoms with van der Waals surface area (Å²) >= 11 is 0. The van der Waals surface area contributed by atoms with Crippen LogP contribution in [0.5, 0.6) is 0 Å². The van der Waals surface area contributed by atoms with Crippen LogP contribution in [0.25, 0.3) is 0 Å². The first-order chi connectivity index (χ1) is 6.68. The Kier molecular flexibility index (Phi) is 2.85. The Bertz CT molecular complexity index is 190. The van der Waals surface area contributed by atoms with E-state index in [1.54, 1.807) is 0 Å². The lowest BCUT2D eigenvalue weighted by atomic mass is 9.78. The van der Waals surface area contributed by atoms with Gasteiger partial charge in [-0.15, -0.1) is 0 Å². The molecule has 0 amide bonds. The first-order valence-electron chi connectivity index (χ1n) is 6.14. The van der Waals surface area contributed by atoms with Gasteiger partial charge in [0.15, 0.2) is 0 Å². The lowest BCUT2D eigenvalue weighted by Gasteiger charge is -2.38. The highest BCUT2D eigenvalue weighted by atomic mass is 15.0. The van der Waals surface area contributed by atoms with E-state index in [1.807, 2.05) is 0 Å². The highest BCUT2D eigenvalue weighted by molar-refractivity contribution is 4.99. The molecule has 1 atom stereocenters. The summed E-state index contributed by atoms with van der Waals surface area (Å²) < 4.78 is 0. The molecule has 2 N–H and O–H groups in total. The molecule has 1 aliphatic heterocycles. The smallest absolute Gasteiger partial charge is 0.0154 e. The average Bonchev–Trinajstić information content (AvgIpc) is 2.96. The van der Waals surface area contributed by atoms with Crippen molar-refractivity contribution in [2.45, 2.75) is 51.5 Å². The SMILES string of the molecule is CCC1(CNC2(C)CC2)CCCNC1. The summed E-state index contributed by atoms with van der Waals surface area (Å²) in [4.78, 5) is 0. The molecule has 1 saturated carbocycles. The lowest BCUT2D eigenvalue weighted by molar-refractivity contribution is 0.185. The minimum Gasteiger partial charge on any atom is -0.316 e. The van der Waals surface area contributed by atoms with E-state index in [2.05, 4.69) is 24.5 Å². The largest absolute Gasteiger partial charge is 0.316 e. The van der Waals surface area contributed by atoms with Crippen LogP contribution in [0.3, 0.4) is 0 Å². The second kappa shape index (κ2) is 3.82. The van der Waals surface area contributed by atoms with Crippen molar-refractivity contribution in [2.75, 3.05) is 19.6 Å². The van der Waals surface area contributed by atoms with Gasteiger partial charge in [-0.1, -0.05) is 6.92 Å². The maximum atomic E-state index is 3.75. The summed E-state index contributed by atoms with van der Waals surface area (Å²) in [5.41, 5.74) is 1.05. The van der Waals surface area contributed by atoms with E-state index in [0.29, 0.717) is 11.0 Å². The molecule has 2 nitrogen and oxygen atoms in total. The quantitative estimate of drug-likeness (QED) is 0.717. The van der Waals surface area contributed by atoms with Gasteiger partial charge in [-0.05, 0) is 51.0 Å². The van der Waals surface area contributed by atoms with E-state index in [1.165, 1.54) is 51.7 Å². The first-order valence-corrected chi connectivity index (χ1v) is 6.14. The van der Waals surface area contributed by atoms with Crippen LogP contribution in [0.1, 0.15) is 46.0 Å². The third-order valence-electron chi connectivity index (χ3n) is 4.20. The predicted octanol–water partition coefficient (Wildman–Crippen LogP) is 1.91. The molecule has 0 aromatic carbocycles. The van der Waals surface area contributed by atoms with Gasteiger partial charge in [0.25, 0.3) is 0 Å². The van der Waals surface area contributed by atoms with Gasteiger partial charge in [0.2, 0.25) is 0 Å². The van der Waals surface area contributed by atoms with Crippen molar-refractivity contribution in [2.24, 2.45) is 5.41 Å². The van der Waals surface area contributed by atoms with Crippen molar-refractivity contribution in [3.05, 3.63) is 0 Å². The van der Waals surface area contributed by atoms with Gasteiger partial charge in [0.05, 0.1) is 0 Å². The molecule has 1 saturated heterocycles. The van der Waals surface area contributed by atoms with Gasteiger partial charge in [-0.3, -0.25) is 0 Å². The van der Waals surface area contributed by atoms with E-state index < -0.39 is 0 Å². The monoisotopic (exact) mass is 196 g/mol. The van der Waals surface area contributed by atoms with Crippen molar-refractivity contribution in [3.63, 3.8) is 0 Å². The molecule has 2 fully saturated rings. The zero-order chi connectivity index (χ0) is 10.1. The minimum absolute atomic E-state index is 0.500. The molecule has 82 valence electrons. The summed E-state index contributed by atoms with van der Waals surface area (Å²) in [5.74, 6) is 0. The van der Waals surface area contributed by atoms with Crippen LogP contribution in [0.4, 0.5) is 0 Å². The van der Waals surface area contributed by atoms with Crippen molar-refractivity contribution in [3.8, 4) is 0 Å². The Hall–Kier alpha value is -0.0800. The molecule has 2 rings (SSSR count). The van der Waals surface area contributed by atoms with E-state index >= 15 is 0 Å². The molecule has 14 heavy (non-hydrogen) atoms. The van der Waals surface area contributed by atoms with E-state index in [4.69, 9.17) is 0 Å². The Balaban J connectivity index is 1.84. The van der Waals surface area contributed by atoms with Gasteiger partial charge >= 0.3 is 0 Å². The van der Waals surface area contributed by atoms with Gasteiger partial charge in [-0.25, -0.2) is 0 Å². The third kappa shape index (κ3) is 2.29. The zero-order valence-electron chi connectivity index (χ0n) is 9.66. The summed E-state index contributed by atoms with van der Waals surface area (Å²) in [6.07, 6.45) is 6.81. The average molecular weight is 196 g/mol. The summed E-state index contributed by atoms with van der Waals surface area (Å²) in [6.45, 7) is 8.34.